The molecule has 0 radical (unpaired) electrons. The molecule has 0 aromatic carbocycles. The number of carbonyl (C=O) groups excluding carboxylic acids is 1. The molecule has 116 valence electrons. The minimum atomic E-state index is -0.418. The Morgan fingerprint density at radius 2 is 2.10 bits per heavy atom. The van der Waals surface area contributed by atoms with Crippen LogP contribution in [0.3, 0.4) is 0 Å². The first-order chi connectivity index (χ1) is 9.68. The van der Waals surface area contributed by atoms with Crippen LogP contribution in [0.5, 0.6) is 0 Å². The molecule has 6 heteroatoms. The summed E-state index contributed by atoms with van der Waals surface area (Å²) in [4.78, 5) is 16.6. The number of guanidine groups is 1. The highest BCUT2D eigenvalue weighted by molar-refractivity contribution is 6.06. The summed E-state index contributed by atoms with van der Waals surface area (Å²) in [5, 5.41) is 10.5. The van der Waals surface area contributed by atoms with E-state index < -0.39 is 6.04 Å². The van der Waals surface area contributed by atoms with Crippen LogP contribution in [0, 0.1) is 5.92 Å². The molecule has 0 aliphatic carbocycles. The number of hydrogen-bond acceptors (Lipinski definition) is 3. The molecule has 1 unspecified atom stereocenters. The molecule has 0 spiro atoms. The quantitative estimate of drug-likeness (QED) is 0.886. The Bertz CT molecular complexity index is 565. The van der Waals surface area contributed by atoms with E-state index in [1.807, 2.05) is 13.2 Å². The van der Waals surface area contributed by atoms with Crippen LogP contribution in [0.25, 0.3) is 0 Å². The smallest absolute Gasteiger partial charge is 0.254 e. The van der Waals surface area contributed by atoms with Crippen molar-refractivity contribution < 1.29 is 4.79 Å². The van der Waals surface area contributed by atoms with Crippen LogP contribution < -0.4 is 10.6 Å². The average Bonchev–Trinajstić information content (AvgIpc) is 2.89. The Hall–Kier alpha value is -1.85. The lowest BCUT2D eigenvalue weighted by atomic mass is 9.87. The lowest BCUT2D eigenvalue weighted by Gasteiger charge is -2.19. The van der Waals surface area contributed by atoms with Gasteiger partial charge in [-0.1, -0.05) is 34.6 Å². The van der Waals surface area contributed by atoms with Gasteiger partial charge in [0, 0.05) is 30.8 Å². The highest BCUT2D eigenvalue weighted by Gasteiger charge is 2.35. The van der Waals surface area contributed by atoms with Gasteiger partial charge in [-0.25, -0.2) is 0 Å². The van der Waals surface area contributed by atoms with Gasteiger partial charge in [-0.2, -0.15) is 5.10 Å². The number of rotatable bonds is 3. The van der Waals surface area contributed by atoms with Crippen molar-refractivity contribution >= 4 is 11.9 Å². The molecule has 1 atom stereocenters. The van der Waals surface area contributed by atoms with E-state index in [2.05, 4.69) is 55.3 Å². The number of aromatic nitrogens is 2. The molecule has 2 N–H and O–H groups in total. The maximum absolute atomic E-state index is 12.2. The average molecular weight is 291 g/mol. The normalized spacial score (nSPS) is 21.0. The van der Waals surface area contributed by atoms with Gasteiger partial charge < -0.3 is 5.32 Å². The van der Waals surface area contributed by atoms with E-state index in [4.69, 9.17) is 0 Å². The molecule has 0 saturated carbocycles. The molecular formula is C15H25N5O. The molecule has 21 heavy (non-hydrogen) atoms. The van der Waals surface area contributed by atoms with Crippen LogP contribution in [-0.4, -0.2) is 28.2 Å². The third-order valence-corrected chi connectivity index (χ3v) is 3.28. The predicted molar refractivity (Wildman–Crippen MR) is 83.1 cm³/mol. The summed E-state index contributed by atoms with van der Waals surface area (Å²) >= 11 is 0. The fourth-order valence-corrected chi connectivity index (χ4v) is 2.31. The molecule has 1 amide bonds. The van der Waals surface area contributed by atoms with E-state index in [1.54, 1.807) is 4.68 Å². The van der Waals surface area contributed by atoms with Crippen molar-refractivity contribution in [2.45, 2.75) is 46.1 Å². The van der Waals surface area contributed by atoms with Crippen LogP contribution >= 0.6 is 0 Å². The number of amides is 1. The highest BCUT2D eigenvalue weighted by Crippen LogP contribution is 2.29. The van der Waals surface area contributed by atoms with Crippen molar-refractivity contribution in [3.63, 3.8) is 0 Å². The molecular weight excluding hydrogens is 266 g/mol. The summed E-state index contributed by atoms with van der Waals surface area (Å²) in [6, 6.07) is -0.418. The first-order valence-corrected chi connectivity index (χ1v) is 7.34. The maximum atomic E-state index is 12.2. The Morgan fingerprint density at radius 3 is 2.67 bits per heavy atom. The second kappa shape index (κ2) is 5.50. The number of nitrogens with zero attached hydrogens (tertiary/aromatic N) is 3. The first-order valence-electron chi connectivity index (χ1n) is 7.34. The Balaban J connectivity index is 2.27. The van der Waals surface area contributed by atoms with E-state index in [1.165, 1.54) is 0 Å². The van der Waals surface area contributed by atoms with Gasteiger partial charge in [-0.05, 0) is 5.92 Å². The molecule has 1 aliphatic heterocycles. The predicted octanol–water partition coefficient (Wildman–Crippen LogP) is 1.49. The van der Waals surface area contributed by atoms with E-state index in [0.717, 1.165) is 11.3 Å². The zero-order chi connectivity index (χ0) is 15.8. The van der Waals surface area contributed by atoms with E-state index in [9.17, 15) is 4.79 Å². The van der Waals surface area contributed by atoms with Gasteiger partial charge in [0.05, 0.1) is 5.69 Å². The number of nitrogens with one attached hydrogen (secondary N) is 2. The van der Waals surface area contributed by atoms with Gasteiger partial charge in [-0.3, -0.25) is 19.8 Å². The molecule has 0 bridgehead atoms. The molecule has 2 heterocycles. The third-order valence-electron chi connectivity index (χ3n) is 3.28. The molecule has 1 fully saturated rings. The van der Waals surface area contributed by atoms with Gasteiger partial charge in [0.2, 0.25) is 0 Å². The molecule has 1 aromatic heterocycles. The molecule has 6 nitrogen and oxygen atoms in total. The van der Waals surface area contributed by atoms with E-state index >= 15 is 0 Å². The Labute approximate surface area is 126 Å². The number of hydrogen-bond donors (Lipinski definition) is 2. The Kier molecular flexibility index (Phi) is 4.07. The number of aliphatic imine (C=N–C) groups is 1. The Morgan fingerprint density at radius 1 is 1.43 bits per heavy atom. The lowest BCUT2D eigenvalue weighted by molar-refractivity contribution is -0.120. The second-order valence-electron chi connectivity index (χ2n) is 7.01. The fraction of sp³-hybridized carbons (Fsp3) is 0.667. The molecule has 1 saturated heterocycles. The minimum Gasteiger partial charge on any atom is -0.340 e. The minimum absolute atomic E-state index is 0.0731. The standard InChI is InChI=1S/C15H25N5O/c1-9(2)7-16-14-17-11(13(21)18-14)10-8-20(6)19-12(10)15(3,4)5/h8-9,11H,7H2,1-6H3,(H2,16,17,18,21). The van der Waals surface area contributed by atoms with Crippen LogP contribution in [0.2, 0.25) is 0 Å². The van der Waals surface area contributed by atoms with Gasteiger partial charge >= 0.3 is 0 Å². The summed E-state index contributed by atoms with van der Waals surface area (Å²) in [6.45, 7) is 11.2. The van der Waals surface area contributed by atoms with Crippen LogP contribution in [0.1, 0.15) is 51.9 Å². The zero-order valence-electron chi connectivity index (χ0n) is 13.7. The van der Waals surface area contributed by atoms with Crippen molar-refractivity contribution in [1.82, 2.24) is 20.4 Å². The van der Waals surface area contributed by atoms with Crippen molar-refractivity contribution in [2.75, 3.05) is 6.54 Å². The summed E-state index contributed by atoms with van der Waals surface area (Å²) in [6.07, 6.45) is 1.91. The highest BCUT2D eigenvalue weighted by atomic mass is 16.2. The maximum Gasteiger partial charge on any atom is 0.254 e. The van der Waals surface area contributed by atoms with Crippen LogP contribution in [0.4, 0.5) is 0 Å². The van der Waals surface area contributed by atoms with E-state index in [0.29, 0.717) is 18.4 Å². The molecule has 1 aromatic rings. The SMILES string of the molecule is CC(C)CN=C1NC(=O)C(c2cn(C)nc2C(C)(C)C)N1. The zero-order valence-corrected chi connectivity index (χ0v) is 13.7. The van der Waals surface area contributed by atoms with Crippen LogP contribution in [0.15, 0.2) is 11.2 Å². The summed E-state index contributed by atoms with van der Waals surface area (Å²) in [5.74, 6) is 0.942. The van der Waals surface area contributed by atoms with Gasteiger partial charge in [0.25, 0.3) is 5.91 Å². The van der Waals surface area contributed by atoms with Crippen molar-refractivity contribution in [2.24, 2.45) is 18.0 Å². The van der Waals surface area contributed by atoms with Crippen LogP contribution in [-0.2, 0) is 17.3 Å². The summed E-state index contributed by atoms with van der Waals surface area (Å²) < 4.78 is 1.76. The summed E-state index contributed by atoms with van der Waals surface area (Å²) in [7, 11) is 1.87. The first kappa shape index (κ1) is 15.5. The molecule has 1 aliphatic rings. The molecule has 2 rings (SSSR count). The van der Waals surface area contributed by atoms with E-state index in [-0.39, 0.29) is 11.3 Å². The van der Waals surface area contributed by atoms with Gasteiger partial charge in [0.15, 0.2) is 5.96 Å². The second-order valence-corrected chi connectivity index (χ2v) is 7.01. The lowest BCUT2D eigenvalue weighted by Crippen LogP contribution is -2.26. The number of aryl methyl sites for hydroxylation is 1. The fourth-order valence-electron chi connectivity index (χ4n) is 2.31. The van der Waals surface area contributed by atoms with Crippen molar-refractivity contribution in [1.29, 1.82) is 0 Å². The van der Waals surface area contributed by atoms with Crippen molar-refractivity contribution in [3.8, 4) is 0 Å². The summed E-state index contributed by atoms with van der Waals surface area (Å²) in [5.41, 5.74) is 1.73. The topological polar surface area (TPSA) is 71.3 Å². The monoisotopic (exact) mass is 291 g/mol. The van der Waals surface area contributed by atoms with Crippen molar-refractivity contribution in [3.05, 3.63) is 17.5 Å². The van der Waals surface area contributed by atoms with Gasteiger partial charge in [0.1, 0.15) is 6.04 Å². The number of carbonyl (C=O) groups is 1. The third kappa shape index (κ3) is 3.43. The van der Waals surface area contributed by atoms with Gasteiger partial charge in [-0.15, -0.1) is 0 Å². The largest absolute Gasteiger partial charge is 0.340 e.